The molecule has 8 heteroatoms. The van der Waals surface area contributed by atoms with Crippen molar-refractivity contribution in [3.05, 3.63) is 69.7 Å². The summed E-state index contributed by atoms with van der Waals surface area (Å²) in [5.74, 6) is -2.89. The Labute approximate surface area is 196 Å². The molecule has 1 aliphatic carbocycles. The zero-order valence-electron chi connectivity index (χ0n) is 17.5. The standard InChI is InChI=1S/C24H22Cl2N2O4/c1-14(21(29)15-10-12-16(25)13-11-15)27(24(32)19-8-4-5-9-20(19)26)28-22(30)17-6-2-3-7-18(17)23(28)31/h4-5,8-14,17-18H,2-3,6-7H2,1H3/t14-,17+,18+/m1/s1. The van der Waals surface area contributed by atoms with Crippen LogP contribution in [-0.2, 0) is 9.59 Å². The Kier molecular flexibility index (Phi) is 6.35. The first-order valence-electron chi connectivity index (χ1n) is 10.6. The molecule has 6 nitrogen and oxygen atoms in total. The molecule has 4 rings (SSSR count). The summed E-state index contributed by atoms with van der Waals surface area (Å²) in [5.41, 5.74) is 0.427. The molecule has 166 valence electrons. The molecule has 0 aromatic heterocycles. The lowest BCUT2D eigenvalue weighted by molar-refractivity contribution is -0.156. The van der Waals surface area contributed by atoms with Crippen LogP contribution in [0.1, 0.15) is 53.3 Å². The predicted molar refractivity (Wildman–Crippen MR) is 120 cm³/mol. The highest BCUT2D eigenvalue weighted by Crippen LogP contribution is 2.39. The first-order chi connectivity index (χ1) is 15.3. The number of nitrogens with zero attached hydrogens (tertiary/aromatic N) is 2. The van der Waals surface area contributed by atoms with E-state index in [0.29, 0.717) is 23.4 Å². The minimum atomic E-state index is -1.12. The smallest absolute Gasteiger partial charge is 0.275 e. The van der Waals surface area contributed by atoms with Crippen LogP contribution in [0.15, 0.2) is 48.5 Å². The Bertz CT molecular complexity index is 1060. The second kappa shape index (κ2) is 9.04. The van der Waals surface area contributed by atoms with E-state index < -0.39 is 41.4 Å². The molecule has 2 aromatic carbocycles. The van der Waals surface area contributed by atoms with E-state index in [0.717, 1.165) is 22.9 Å². The number of imide groups is 1. The largest absolute Gasteiger partial charge is 0.292 e. The van der Waals surface area contributed by atoms with Crippen molar-refractivity contribution < 1.29 is 19.2 Å². The molecule has 32 heavy (non-hydrogen) atoms. The topological polar surface area (TPSA) is 74.8 Å². The number of carbonyl (C=O) groups excluding carboxylic acids is 4. The van der Waals surface area contributed by atoms with E-state index in [-0.39, 0.29) is 10.6 Å². The molecule has 1 saturated heterocycles. The van der Waals surface area contributed by atoms with Gasteiger partial charge in [0.2, 0.25) is 0 Å². The highest BCUT2D eigenvalue weighted by atomic mass is 35.5. The Morgan fingerprint density at radius 3 is 2.06 bits per heavy atom. The van der Waals surface area contributed by atoms with Crippen molar-refractivity contribution in [3.8, 4) is 0 Å². The zero-order chi connectivity index (χ0) is 23.0. The van der Waals surface area contributed by atoms with Gasteiger partial charge in [-0.15, -0.1) is 0 Å². The average Bonchev–Trinajstić information content (AvgIpc) is 3.05. The lowest BCUT2D eigenvalue weighted by atomic mass is 9.81. The molecule has 0 N–H and O–H groups in total. The van der Waals surface area contributed by atoms with E-state index in [4.69, 9.17) is 23.2 Å². The van der Waals surface area contributed by atoms with Gasteiger partial charge < -0.3 is 0 Å². The summed E-state index contributed by atoms with van der Waals surface area (Å²) in [5, 5.41) is 2.52. The van der Waals surface area contributed by atoms with E-state index in [2.05, 4.69) is 0 Å². The number of rotatable bonds is 5. The van der Waals surface area contributed by atoms with Gasteiger partial charge in [-0.3, -0.25) is 19.2 Å². The average molecular weight is 473 g/mol. The summed E-state index contributed by atoms with van der Waals surface area (Å²) < 4.78 is 0. The van der Waals surface area contributed by atoms with Gasteiger partial charge in [0.25, 0.3) is 17.7 Å². The van der Waals surface area contributed by atoms with Crippen LogP contribution in [0.5, 0.6) is 0 Å². The number of hydrazine groups is 1. The number of benzene rings is 2. The number of Topliss-reactive ketones (excluding diaryl/α,β-unsaturated/α-hetero) is 1. The number of amides is 3. The molecule has 3 amide bonds. The maximum Gasteiger partial charge on any atom is 0.275 e. The highest BCUT2D eigenvalue weighted by molar-refractivity contribution is 6.34. The predicted octanol–water partition coefficient (Wildman–Crippen LogP) is 4.80. The van der Waals surface area contributed by atoms with Crippen molar-refractivity contribution in [1.82, 2.24) is 10.0 Å². The summed E-state index contributed by atoms with van der Waals surface area (Å²) >= 11 is 12.2. The summed E-state index contributed by atoms with van der Waals surface area (Å²) in [6.45, 7) is 1.51. The minimum absolute atomic E-state index is 0.111. The molecule has 3 atom stereocenters. The maximum atomic E-state index is 13.6. The molecule has 0 unspecified atom stereocenters. The van der Waals surface area contributed by atoms with Crippen LogP contribution in [0.4, 0.5) is 0 Å². The molecular weight excluding hydrogens is 451 g/mol. The molecule has 1 saturated carbocycles. The van der Waals surface area contributed by atoms with Crippen LogP contribution in [0, 0.1) is 11.8 Å². The van der Waals surface area contributed by atoms with Crippen LogP contribution in [0.25, 0.3) is 0 Å². The molecule has 2 fully saturated rings. The third-order valence-corrected chi connectivity index (χ3v) is 6.80. The second-order valence-corrected chi connectivity index (χ2v) is 9.01. The van der Waals surface area contributed by atoms with Crippen molar-refractivity contribution in [2.75, 3.05) is 0 Å². The van der Waals surface area contributed by atoms with Gasteiger partial charge >= 0.3 is 0 Å². The van der Waals surface area contributed by atoms with Crippen molar-refractivity contribution in [2.24, 2.45) is 11.8 Å². The number of ketones is 1. The Balaban J connectivity index is 1.76. The molecule has 1 aliphatic heterocycles. The number of fused-ring (bicyclic) bond motifs is 1. The van der Waals surface area contributed by atoms with Gasteiger partial charge in [-0.25, -0.2) is 5.01 Å². The Morgan fingerprint density at radius 1 is 0.938 bits per heavy atom. The fourth-order valence-electron chi connectivity index (χ4n) is 4.52. The second-order valence-electron chi connectivity index (χ2n) is 8.16. The van der Waals surface area contributed by atoms with Gasteiger partial charge in [0, 0.05) is 10.6 Å². The fraction of sp³-hybridized carbons (Fsp3) is 0.333. The first kappa shape index (κ1) is 22.5. The fourth-order valence-corrected chi connectivity index (χ4v) is 4.86. The lowest BCUT2D eigenvalue weighted by Crippen LogP contribution is -2.56. The lowest BCUT2D eigenvalue weighted by Gasteiger charge is -2.35. The van der Waals surface area contributed by atoms with Gasteiger partial charge in [0.05, 0.1) is 22.4 Å². The normalized spacial score (nSPS) is 21.3. The van der Waals surface area contributed by atoms with Gasteiger partial charge in [-0.1, -0.05) is 48.2 Å². The van der Waals surface area contributed by atoms with Crippen molar-refractivity contribution >= 4 is 46.7 Å². The molecule has 0 spiro atoms. The van der Waals surface area contributed by atoms with E-state index >= 15 is 0 Å². The summed E-state index contributed by atoms with van der Waals surface area (Å²) in [7, 11) is 0. The van der Waals surface area contributed by atoms with Crippen molar-refractivity contribution in [2.45, 2.75) is 38.6 Å². The van der Waals surface area contributed by atoms with Gasteiger partial charge in [0.1, 0.15) is 6.04 Å². The van der Waals surface area contributed by atoms with Gasteiger partial charge in [0.15, 0.2) is 5.78 Å². The monoisotopic (exact) mass is 472 g/mol. The Hall–Kier alpha value is -2.70. The molecule has 0 radical (unpaired) electrons. The van der Waals surface area contributed by atoms with Crippen LogP contribution in [0.2, 0.25) is 10.0 Å². The summed E-state index contributed by atoms with van der Waals surface area (Å²) in [6.07, 6.45) is 2.90. The molecule has 2 aliphatic rings. The van der Waals surface area contributed by atoms with E-state index in [1.807, 2.05) is 0 Å². The van der Waals surface area contributed by atoms with Crippen molar-refractivity contribution in [3.63, 3.8) is 0 Å². The van der Waals surface area contributed by atoms with Gasteiger partial charge in [-0.05, 0) is 56.2 Å². The maximum absolute atomic E-state index is 13.6. The van der Waals surface area contributed by atoms with Crippen LogP contribution >= 0.6 is 23.2 Å². The molecule has 1 heterocycles. The summed E-state index contributed by atoms with van der Waals surface area (Å²) in [6, 6.07) is 11.5. The third kappa shape index (κ3) is 3.93. The van der Waals surface area contributed by atoms with Crippen LogP contribution in [0.3, 0.4) is 0 Å². The van der Waals surface area contributed by atoms with E-state index in [1.54, 1.807) is 42.5 Å². The number of hydrogen-bond acceptors (Lipinski definition) is 4. The van der Waals surface area contributed by atoms with Crippen LogP contribution < -0.4 is 0 Å². The quantitative estimate of drug-likeness (QED) is 0.462. The number of hydrogen-bond donors (Lipinski definition) is 0. The van der Waals surface area contributed by atoms with Crippen molar-refractivity contribution in [1.29, 1.82) is 0 Å². The molecule has 0 bridgehead atoms. The van der Waals surface area contributed by atoms with E-state index in [9.17, 15) is 19.2 Å². The Morgan fingerprint density at radius 2 is 1.50 bits per heavy atom. The molecule has 2 aromatic rings. The third-order valence-electron chi connectivity index (χ3n) is 6.22. The number of halogens is 2. The SMILES string of the molecule is C[C@H](C(=O)c1ccc(Cl)cc1)N(C(=O)c1ccccc1Cl)N1C(=O)[C@H]2CCCC[C@@H]2C1=O. The van der Waals surface area contributed by atoms with Crippen LogP contribution in [-0.4, -0.2) is 39.6 Å². The summed E-state index contributed by atoms with van der Waals surface area (Å²) in [4.78, 5) is 53.4. The molecular formula is C24H22Cl2N2O4. The first-order valence-corrected chi connectivity index (χ1v) is 11.3. The number of carbonyl (C=O) groups is 4. The van der Waals surface area contributed by atoms with Gasteiger partial charge in [-0.2, -0.15) is 5.01 Å². The highest BCUT2D eigenvalue weighted by Gasteiger charge is 2.53. The zero-order valence-corrected chi connectivity index (χ0v) is 19.0. The minimum Gasteiger partial charge on any atom is -0.292 e. The van der Waals surface area contributed by atoms with E-state index in [1.165, 1.54) is 13.0 Å².